The number of nitrogens with one attached hydrogen (secondary N) is 1. The Morgan fingerprint density at radius 1 is 1.29 bits per heavy atom. The Balaban J connectivity index is 2.78. The van der Waals surface area contributed by atoms with Crippen LogP contribution < -0.4 is 16.0 Å². The third kappa shape index (κ3) is 3.90. The molecule has 0 amide bonds. The maximum Gasteiger partial charge on any atom is 0.409 e. The van der Waals surface area contributed by atoms with Gasteiger partial charge in [0.15, 0.2) is 0 Å². The molecular formula is C11H15F3N2O. The molecule has 0 radical (unpaired) electrons. The van der Waals surface area contributed by atoms with Crippen molar-refractivity contribution >= 4 is 0 Å². The Kier molecular flexibility index (Phi) is 4.77. The molecule has 3 nitrogen and oxygen atoms in total. The molecule has 1 unspecified atom stereocenters. The molecule has 1 atom stereocenters. The molecule has 0 aliphatic heterocycles. The number of halogens is 3. The number of rotatable bonds is 5. The van der Waals surface area contributed by atoms with Crippen LogP contribution in [0.5, 0.6) is 5.75 Å². The quantitative estimate of drug-likeness (QED) is 0.622. The van der Waals surface area contributed by atoms with Crippen LogP contribution in [0.1, 0.15) is 24.9 Å². The van der Waals surface area contributed by atoms with Gasteiger partial charge in [-0.1, -0.05) is 19.1 Å². The topological polar surface area (TPSA) is 47.3 Å². The number of hydrazine groups is 1. The van der Waals surface area contributed by atoms with Crippen LogP contribution >= 0.6 is 0 Å². The third-order valence-corrected chi connectivity index (χ3v) is 2.18. The lowest BCUT2D eigenvalue weighted by molar-refractivity contribution is -0.157. The molecular weight excluding hydrogens is 233 g/mol. The molecule has 6 heteroatoms. The molecule has 0 bridgehead atoms. The van der Waals surface area contributed by atoms with Gasteiger partial charge in [-0.25, -0.2) is 5.43 Å². The minimum Gasteiger partial charge on any atom is -0.494 e. The van der Waals surface area contributed by atoms with Gasteiger partial charge in [0.25, 0.3) is 0 Å². The van der Waals surface area contributed by atoms with Crippen LogP contribution in [-0.4, -0.2) is 12.8 Å². The van der Waals surface area contributed by atoms with Gasteiger partial charge in [0.05, 0.1) is 6.61 Å². The first-order valence-electron chi connectivity index (χ1n) is 5.24. The van der Waals surface area contributed by atoms with Crippen molar-refractivity contribution in [3.05, 3.63) is 29.8 Å². The number of nitrogens with two attached hydrogens (primary N) is 1. The number of ether oxygens (including phenoxy) is 1. The van der Waals surface area contributed by atoms with Gasteiger partial charge in [0.2, 0.25) is 0 Å². The minimum atomic E-state index is -4.42. The maximum absolute atomic E-state index is 12.5. The largest absolute Gasteiger partial charge is 0.494 e. The van der Waals surface area contributed by atoms with E-state index in [-0.39, 0.29) is 5.56 Å². The second-order valence-electron chi connectivity index (χ2n) is 3.56. The average Bonchev–Trinajstić information content (AvgIpc) is 2.27. The van der Waals surface area contributed by atoms with Gasteiger partial charge in [-0.05, 0) is 24.1 Å². The van der Waals surface area contributed by atoms with Crippen molar-refractivity contribution < 1.29 is 17.9 Å². The number of hydrogen-bond donors (Lipinski definition) is 2. The highest BCUT2D eigenvalue weighted by molar-refractivity contribution is 5.29. The van der Waals surface area contributed by atoms with E-state index in [9.17, 15) is 13.2 Å². The summed E-state index contributed by atoms with van der Waals surface area (Å²) in [5, 5.41) is 0. The highest BCUT2D eigenvalue weighted by Gasteiger charge is 2.40. The van der Waals surface area contributed by atoms with Crippen LogP contribution in [0.2, 0.25) is 0 Å². The van der Waals surface area contributed by atoms with Crippen molar-refractivity contribution in [2.45, 2.75) is 25.6 Å². The fourth-order valence-corrected chi connectivity index (χ4v) is 1.36. The molecule has 1 rings (SSSR count). The summed E-state index contributed by atoms with van der Waals surface area (Å²) in [6.07, 6.45) is -3.57. The second kappa shape index (κ2) is 5.88. The highest BCUT2D eigenvalue weighted by atomic mass is 19.4. The molecule has 96 valence electrons. The van der Waals surface area contributed by atoms with E-state index in [1.54, 1.807) is 5.43 Å². The lowest BCUT2D eigenvalue weighted by Gasteiger charge is -2.19. The Hall–Kier alpha value is -1.27. The molecule has 0 saturated heterocycles. The summed E-state index contributed by atoms with van der Waals surface area (Å²) in [7, 11) is 0. The molecule has 1 aromatic rings. The van der Waals surface area contributed by atoms with Crippen molar-refractivity contribution in [3.8, 4) is 5.75 Å². The zero-order chi connectivity index (χ0) is 12.9. The lowest BCUT2D eigenvalue weighted by atomic mass is 10.1. The maximum atomic E-state index is 12.5. The normalized spacial score (nSPS) is 13.5. The molecule has 0 aromatic heterocycles. The average molecular weight is 248 g/mol. The summed E-state index contributed by atoms with van der Waals surface area (Å²) in [5.74, 6) is 5.46. The molecule has 17 heavy (non-hydrogen) atoms. The van der Waals surface area contributed by atoms with E-state index in [4.69, 9.17) is 10.6 Å². The molecule has 0 saturated carbocycles. The van der Waals surface area contributed by atoms with Crippen molar-refractivity contribution in [1.29, 1.82) is 0 Å². The SMILES string of the molecule is CCCOc1ccc(C(NN)C(F)(F)F)cc1. The Morgan fingerprint density at radius 3 is 2.29 bits per heavy atom. The predicted octanol–water partition coefficient (Wildman–Crippen LogP) is 2.54. The van der Waals surface area contributed by atoms with Gasteiger partial charge in [0, 0.05) is 0 Å². The zero-order valence-electron chi connectivity index (χ0n) is 9.42. The molecule has 0 spiro atoms. The number of hydrogen-bond acceptors (Lipinski definition) is 3. The third-order valence-electron chi connectivity index (χ3n) is 2.18. The number of alkyl halides is 3. The number of benzene rings is 1. The fraction of sp³-hybridized carbons (Fsp3) is 0.455. The first-order chi connectivity index (χ1) is 7.99. The summed E-state index contributed by atoms with van der Waals surface area (Å²) in [5.41, 5.74) is 1.81. The van der Waals surface area contributed by atoms with Crippen LogP contribution in [-0.2, 0) is 0 Å². The monoisotopic (exact) mass is 248 g/mol. The zero-order valence-corrected chi connectivity index (χ0v) is 9.42. The van der Waals surface area contributed by atoms with E-state index < -0.39 is 12.2 Å². The van der Waals surface area contributed by atoms with Gasteiger partial charge in [-0.15, -0.1) is 0 Å². The van der Waals surface area contributed by atoms with E-state index in [2.05, 4.69) is 0 Å². The van der Waals surface area contributed by atoms with Gasteiger partial charge in [-0.3, -0.25) is 5.84 Å². The minimum absolute atomic E-state index is 0.0591. The smallest absolute Gasteiger partial charge is 0.409 e. The van der Waals surface area contributed by atoms with E-state index in [1.165, 1.54) is 24.3 Å². The first-order valence-corrected chi connectivity index (χ1v) is 5.24. The van der Waals surface area contributed by atoms with Crippen molar-refractivity contribution in [1.82, 2.24) is 5.43 Å². The van der Waals surface area contributed by atoms with Crippen LogP contribution in [0, 0.1) is 0 Å². The van der Waals surface area contributed by atoms with Gasteiger partial charge < -0.3 is 4.74 Å². The Bertz CT molecular complexity index is 338. The highest BCUT2D eigenvalue weighted by Crippen LogP contribution is 2.32. The molecule has 1 aromatic carbocycles. The van der Waals surface area contributed by atoms with E-state index in [1.807, 2.05) is 6.92 Å². The molecule has 3 N–H and O–H groups in total. The van der Waals surface area contributed by atoms with Gasteiger partial charge >= 0.3 is 6.18 Å². The van der Waals surface area contributed by atoms with Gasteiger partial charge in [-0.2, -0.15) is 13.2 Å². The summed E-state index contributed by atoms with van der Waals surface area (Å²) in [4.78, 5) is 0. The lowest BCUT2D eigenvalue weighted by Crippen LogP contribution is -2.38. The van der Waals surface area contributed by atoms with E-state index in [0.717, 1.165) is 6.42 Å². The van der Waals surface area contributed by atoms with Gasteiger partial charge in [0.1, 0.15) is 11.8 Å². The van der Waals surface area contributed by atoms with Crippen molar-refractivity contribution in [2.24, 2.45) is 5.84 Å². The summed E-state index contributed by atoms with van der Waals surface area (Å²) in [6.45, 7) is 2.49. The summed E-state index contributed by atoms with van der Waals surface area (Å²) in [6, 6.07) is 3.84. The molecule has 0 heterocycles. The molecule has 0 aliphatic rings. The first kappa shape index (κ1) is 13.8. The summed E-state index contributed by atoms with van der Waals surface area (Å²) < 4.78 is 42.9. The van der Waals surface area contributed by atoms with Crippen molar-refractivity contribution in [3.63, 3.8) is 0 Å². The summed E-state index contributed by atoms with van der Waals surface area (Å²) >= 11 is 0. The van der Waals surface area contributed by atoms with Crippen molar-refractivity contribution in [2.75, 3.05) is 6.61 Å². The van der Waals surface area contributed by atoms with E-state index >= 15 is 0 Å². The van der Waals surface area contributed by atoms with E-state index in [0.29, 0.717) is 12.4 Å². The van der Waals surface area contributed by atoms with Crippen LogP contribution in [0.4, 0.5) is 13.2 Å². The van der Waals surface area contributed by atoms with Crippen LogP contribution in [0.25, 0.3) is 0 Å². The second-order valence-corrected chi connectivity index (χ2v) is 3.56. The predicted molar refractivity (Wildman–Crippen MR) is 58.3 cm³/mol. The fourth-order valence-electron chi connectivity index (χ4n) is 1.36. The van der Waals surface area contributed by atoms with Crippen LogP contribution in [0.15, 0.2) is 24.3 Å². The van der Waals surface area contributed by atoms with Crippen LogP contribution in [0.3, 0.4) is 0 Å². The Morgan fingerprint density at radius 2 is 1.88 bits per heavy atom. The Labute approximate surface area is 97.7 Å². The molecule has 0 aliphatic carbocycles. The standard InChI is InChI=1S/C11H15F3N2O/c1-2-7-17-9-5-3-8(4-6-9)10(16-15)11(12,13)14/h3-6,10,16H,2,7,15H2,1H3. The molecule has 0 fully saturated rings.